The van der Waals surface area contributed by atoms with Crippen LogP contribution in [0.1, 0.15) is 33.1 Å². The Morgan fingerprint density at radius 1 is 1.56 bits per heavy atom. The largest absolute Gasteiger partial charge is 0.345 e. The van der Waals surface area contributed by atoms with Crippen molar-refractivity contribution in [1.29, 1.82) is 5.26 Å². The Hall–Kier alpha value is -0.690. The van der Waals surface area contributed by atoms with Crippen molar-refractivity contribution in [3.8, 4) is 6.07 Å². The fourth-order valence-corrected chi connectivity index (χ4v) is 2.22. The molecule has 0 bridgehead atoms. The van der Waals surface area contributed by atoms with Crippen LogP contribution in [0.25, 0.3) is 0 Å². The van der Waals surface area contributed by atoms with E-state index in [1.54, 1.807) is 11.9 Å². The third-order valence-electron chi connectivity index (χ3n) is 2.54. The molecule has 16 heavy (non-hydrogen) atoms. The molecule has 1 unspecified atom stereocenters. The van der Waals surface area contributed by atoms with E-state index < -0.39 is 0 Å². The molecular weight excluding hydrogens is 220 g/mol. The summed E-state index contributed by atoms with van der Waals surface area (Å²) < 4.78 is 0. The van der Waals surface area contributed by atoms with Gasteiger partial charge in [-0.1, -0.05) is 20.3 Å². The summed E-state index contributed by atoms with van der Waals surface area (Å²) in [6, 6.07) is 2.04. The predicted octanol–water partition coefficient (Wildman–Crippen LogP) is 2.53. The lowest BCUT2D eigenvalue weighted by Gasteiger charge is -2.15. The lowest BCUT2D eigenvalue weighted by atomic mass is 10.2. The predicted molar refractivity (Wildman–Crippen MR) is 69.3 cm³/mol. The first-order valence-corrected chi connectivity index (χ1v) is 6.95. The Bertz CT molecular complexity index is 238. The van der Waals surface area contributed by atoms with Gasteiger partial charge in [0.05, 0.1) is 12.5 Å². The maximum absolute atomic E-state index is 11.6. The fourth-order valence-electron chi connectivity index (χ4n) is 1.10. The molecular formula is C12H22N2OS. The minimum absolute atomic E-state index is 0.145. The molecule has 0 aliphatic carbocycles. The summed E-state index contributed by atoms with van der Waals surface area (Å²) in [5.41, 5.74) is 0. The zero-order chi connectivity index (χ0) is 12.4. The summed E-state index contributed by atoms with van der Waals surface area (Å²) in [5.74, 6) is 2.90. The van der Waals surface area contributed by atoms with Crippen LogP contribution in [0.3, 0.4) is 0 Å². The number of rotatable bonds is 8. The Balaban J connectivity index is 3.54. The van der Waals surface area contributed by atoms with E-state index in [0.717, 1.165) is 17.4 Å². The van der Waals surface area contributed by atoms with Crippen molar-refractivity contribution < 1.29 is 4.79 Å². The van der Waals surface area contributed by atoms with Gasteiger partial charge in [-0.3, -0.25) is 4.79 Å². The number of carbonyl (C=O) groups is 1. The average Bonchev–Trinajstić information content (AvgIpc) is 2.30. The van der Waals surface area contributed by atoms with Crippen LogP contribution in [0, 0.1) is 17.2 Å². The second-order valence-corrected chi connectivity index (χ2v) is 5.21. The lowest BCUT2D eigenvalue weighted by Crippen LogP contribution is -2.27. The maximum atomic E-state index is 11.6. The van der Waals surface area contributed by atoms with Crippen LogP contribution in [0.5, 0.6) is 0 Å². The molecule has 0 spiro atoms. The van der Waals surface area contributed by atoms with E-state index in [9.17, 15) is 4.79 Å². The van der Waals surface area contributed by atoms with E-state index in [-0.39, 0.29) is 5.91 Å². The van der Waals surface area contributed by atoms with Gasteiger partial charge >= 0.3 is 0 Å². The van der Waals surface area contributed by atoms with Crippen molar-refractivity contribution in [3.63, 3.8) is 0 Å². The Morgan fingerprint density at radius 2 is 2.25 bits per heavy atom. The first-order chi connectivity index (χ1) is 7.61. The molecule has 0 aromatic carbocycles. The van der Waals surface area contributed by atoms with Gasteiger partial charge in [0, 0.05) is 25.8 Å². The molecule has 0 N–H and O–H groups in total. The van der Waals surface area contributed by atoms with E-state index in [2.05, 4.69) is 13.8 Å². The molecule has 3 nitrogen and oxygen atoms in total. The maximum Gasteiger partial charge on any atom is 0.223 e. The first kappa shape index (κ1) is 15.3. The van der Waals surface area contributed by atoms with Crippen LogP contribution in [0.2, 0.25) is 0 Å². The number of hydrogen-bond donors (Lipinski definition) is 0. The highest BCUT2D eigenvalue weighted by molar-refractivity contribution is 7.99. The number of hydrogen-bond acceptors (Lipinski definition) is 3. The van der Waals surface area contributed by atoms with Crippen molar-refractivity contribution in [2.24, 2.45) is 5.92 Å². The fraction of sp³-hybridized carbons (Fsp3) is 0.833. The Kier molecular flexibility index (Phi) is 9.12. The Morgan fingerprint density at radius 3 is 2.81 bits per heavy atom. The molecule has 92 valence electrons. The van der Waals surface area contributed by atoms with Gasteiger partial charge in [-0.2, -0.15) is 17.0 Å². The van der Waals surface area contributed by atoms with Crippen LogP contribution >= 0.6 is 11.8 Å². The summed E-state index contributed by atoms with van der Waals surface area (Å²) in [5, 5.41) is 8.41. The third-order valence-corrected chi connectivity index (χ3v) is 3.84. The number of amides is 1. The summed E-state index contributed by atoms with van der Waals surface area (Å²) in [6.07, 6.45) is 2.20. The quantitative estimate of drug-likeness (QED) is 0.614. The van der Waals surface area contributed by atoms with Crippen molar-refractivity contribution in [3.05, 3.63) is 0 Å². The SMILES string of the molecule is CCC(C)CSCCC(=O)N(C)CCC#N. The minimum atomic E-state index is 0.145. The highest BCUT2D eigenvalue weighted by Crippen LogP contribution is 2.12. The van der Waals surface area contributed by atoms with Crippen molar-refractivity contribution >= 4 is 17.7 Å². The standard InChI is InChI=1S/C12H22N2OS/c1-4-11(2)10-16-9-6-12(15)14(3)8-5-7-13/h11H,4-6,8-10H2,1-3H3. The summed E-state index contributed by atoms with van der Waals surface area (Å²) in [4.78, 5) is 13.2. The monoisotopic (exact) mass is 242 g/mol. The molecule has 0 heterocycles. The minimum Gasteiger partial charge on any atom is -0.345 e. The number of nitriles is 1. The zero-order valence-corrected chi connectivity index (χ0v) is 11.3. The van der Waals surface area contributed by atoms with E-state index in [1.165, 1.54) is 6.42 Å². The molecule has 0 aliphatic rings. The molecule has 0 fully saturated rings. The van der Waals surface area contributed by atoms with Crippen molar-refractivity contribution in [2.75, 3.05) is 25.1 Å². The van der Waals surface area contributed by atoms with E-state index >= 15 is 0 Å². The van der Waals surface area contributed by atoms with E-state index in [4.69, 9.17) is 5.26 Å². The zero-order valence-electron chi connectivity index (χ0n) is 10.5. The first-order valence-electron chi connectivity index (χ1n) is 5.80. The van der Waals surface area contributed by atoms with E-state index in [0.29, 0.717) is 19.4 Å². The van der Waals surface area contributed by atoms with Crippen LogP contribution in [0.4, 0.5) is 0 Å². The molecule has 0 aliphatic heterocycles. The molecule has 1 atom stereocenters. The van der Waals surface area contributed by atoms with Gasteiger partial charge in [-0.15, -0.1) is 0 Å². The normalized spacial score (nSPS) is 11.9. The summed E-state index contributed by atoms with van der Waals surface area (Å²) in [6.45, 7) is 4.96. The van der Waals surface area contributed by atoms with Crippen LogP contribution < -0.4 is 0 Å². The molecule has 1 amide bonds. The molecule has 0 rings (SSSR count). The van der Waals surface area contributed by atoms with Gasteiger partial charge in [0.2, 0.25) is 5.91 Å². The lowest BCUT2D eigenvalue weighted by molar-refractivity contribution is -0.129. The number of carbonyl (C=O) groups excluding carboxylic acids is 1. The van der Waals surface area contributed by atoms with Gasteiger partial charge < -0.3 is 4.90 Å². The number of nitrogens with zero attached hydrogens (tertiary/aromatic N) is 2. The highest BCUT2D eigenvalue weighted by Gasteiger charge is 2.08. The molecule has 0 saturated heterocycles. The van der Waals surface area contributed by atoms with Gasteiger partial charge in [-0.25, -0.2) is 0 Å². The summed E-state index contributed by atoms with van der Waals surface area (Å²) >= 11 is 1.84. The van der Waals surface area contributed by atoms with Crippen LogP contribution in [0.15, 0.2) is 0 Å². The topological polar surface area (TPSA) is 44.1 Å². The second kappa shape index (κ2) is 9.53. The second-order valence-electron chi connectivity index (χ2n) is 4.06. The average molecular weight is 242 g/mol. The van der Waals surface area contributed by atoms with Gasteiger partial charge in [-0.05, 0) is 11.7 Å². The van der Waals surface area contributed by atoms with Crippen LogP contribution in [-0.4, -0.2) is 35.9 Å². The molecule has 0 aromatic heterocycles. The van der Waals surface area contributed by atoms with Crippen molar-refractivity contribution in [1.82, 2.24) is 4.90 Å². The summed E-state index contributed by atoms with van der Waals surface area (Å²) in [7, 11) is 1.76. The Labute approximate surface area is 103 Å². The van der Waals surface area contributed by atoms with Crippen LogP contribution in [-0.2, 0) is 4.79 Å². The van der Waals surface area contributed by atoms with Gasteiger partial charge in [0.1, 0.15) is 0 Å². The molecule has 0 radical (unpaired) electrons. The molecule has 4 heteroatoms. The number of thioether (sulfide) groups is 1. The van der Waals surface area contributed by atoms with Gasteiger partial charge in [0.25, 0.3) is 0 Å². The molecule has 0 aromatic rings. The molecule has 0 saturated carbocycles. The highest BCUT2D eigenvalue weighted by atomic mass is 32.2. The van der Waals surface area contributed by atoms with E-state index in [1.807, 2.05) is 17.8 Å². The van der Waals surface area contributed by atoms with Crippen molar-refractivity contribution in [2.45, 2.75) is 33.1 Å². The van der Waals surface area contributed by atoms with Gasteiger partial charge in [0.15, 0.2) is 0 Å². The third kappa shape index (κ3) is 7.58. The smallest absolute Gasteiger partial charge is 0.223 e.